The van der Waals surface area contributed by atoms with E-state index in [9.17, 15) is 19.5 Å². The van der Waals surface area contributed by atoms with Crippen molar-refractivity contribution in [2.24, 2.45) is 5.73 Å². The van der Waals surface area contributed by atoms with E-state index in [4.69, 9.17) is 10.5 Å². The van der Waals surface area contributed by atoms with Crippen molar-refractivity contribution < 1.29 is 24.2 Å². The van der Waals surface area contributed by atoms with Crippen LogP contribution in [0.3, 0.4) is 0 Å². The number of aromatic hydroxyl groups is 1. The molecule has 36 heavy (non-hydrogen) atoms. The first kappa shape index (κ1) is 26.6. The molecule has 5 N–H and O–H groups in total. The van der Waals surface area contributed by atoms with E-state index in [1.165, 1.54) is 23.9 Å². The Morgan fingerprint density at radius 2 is 1.42 bits per heavy atom. The van der Waals surface area contributed by atoms with Crippen molar-refractivity contribution in [2.75, 3.05) is 5.75 Å². The van der Waals surface area contributed by atoms with Gasteiger partial charge in [-0.05, 0) is 28.8 Å². The van der Waals surface area contributed by atoms with Gasteiger partial charge in [-0.1, -0.05) is 72.8 Å². The van der Waals surface area contributed by atoms with E-state index in [2.05, 4.69) is 10.6 Å². The van der Waals surface area contributed by atoms with Gasteiger partial charge in [0.25, 0.3) is 0 Å². The average molecular weight is 508 g/mol. The molecular weight excluding hydrogens is 478 g/mol. The van der Waals surface area contributed by atoms with Crippen molar-refractivity contribution in [1.82, 2.24) is 10.6 Å². The molecule has 9 heteroatoms. The fraction of sp³-hybridized carbons (Fsp3) is 0.222. The molecule has 0 saturated carbocycles. The summed E-state index contributed by atoms with van der Waals surface area (Å²) in [6.07, 6.45) is -0.600. The molecule has 0 heterocycles. The van der Waals surface area contributed by atoms with Gasteiger partial charge in [-0.2, -0.15) is 11.8 Å². The summed E-state index contributed by atoms with van der Waals surface area (Å²) in [5, 5.41) is 14.7. The third-order valence-corrected chi connectivity index (χ3v) is 6.36. The van der Waals surface area contributed by atoms with Gasteiger partial charge in [0.1, 0.15) is 24.4 Å². The molecule has 3 aromatic carbocycles. The maximum absolute atomic E-state index is 13.1. The number of phenolic OH excluding ortho intramolecular Hbond substituents is 1. The number of hydrogen-bond acceptors (Lipinski definition) is 6. The Bertz CT molecular complexity index is 1130. The molecule has 0 aliphatic heterocycles. The largest absolute Gasteiger partial charge is 0.508 e. The summed E-state index contributed by atoms with van der Waals surface area (Å²) >= 11 is 1.47. The molecule has 3 amide bonds. The number of primary amides is 1. The molecule has 0 aromatic heterocycles. The first-order valence-electron chi connectivity index (χ1n) is 11.4. The van der Waals surface area contributed by atoms with Gasteiger partial charge in [-0.15, -0.1) is 0 Å². The van der Waals surface area contributed by atoms with Crippen molar-refractivity contribution in [1.29, 1.82) is 0 Å². The van der Waals surface area contributed by atoms with Gasteiger partial charge >= 0.3 is 6.09 Å². The van der Waals surface area contributed by atoms with E-state index in [0.717, 1.165) is 11.1 Å². The van der Waals surface area contributed by atoms with E-state index in [1.54, 1.807) is 12.1 Å². The summed E-state index contributed by atoms with van der Waals surface area (Å²) in [4.78, 5) is 37.6. The van der Waals surface area contributed by atoms with Crippen LogP contribution in [0.5, 0.6) is 5.75 Å². The zero-order valence-electron chi connectivity index (χ0n) is 19.6. The Morgan fingerprint density at radius 1 is 0.806 bits per heavy atom. The number of thioether (sulfide) groups is 1. The van der Waals surface area contributed by atoms with Gasteiger partial charge in [0, 0.05) is 17.9 Å². The second kappa shape index (κ2) is 13.8. The second-order valence-corrected chi connectivity index (χ2v) is 9.12. The minimum atomic E-state index is -0.995. The van der Waals surface area contributed by atoms with Crippen molar-refractivity contribution in [2.45, 2.75) is 30.9 Å². The highest BCUT2D eigenvalue weighted by Crippen LogP contribution is 2.14. The second-order valence-electron chi connectivity index (χ2n) is 8.09. The van der Waals surface area contributed by atoms with E-state index in [-0.39, 0.29) is 24.5 Å². The lowest BCUT2D eigenvalue weighted by Crippen LogP contribution is -2.54. The molecule has 0 aliphatic rings. The van der Waals surface area contributed by atoms with E-state index < -0.39 is 30.0 Å². The van der Waals surface area contributed by atoms with Crippen LogP contribution >= 0.6 is 11.8 Å². The highest BCUT2D eigenvalue weighted by Gasteiger charge is 2.26. The number of carbonyl (C=O) groups is 3. The summed E-state index contributed by atoms with van der Waals surface area (Å²) in [5.41, 5.74) is 8.14. The summed E-state index contributed by atoms with van der Waals surface area (Å²) in [6.45, 7) is 0.0585. The molecule has 3 rings (SSSR count). The molecule has 0 radical (unpaired) electrons. The number of nitrogens with two attached hydrogens (primary N) is 1. The molecule has 0 bridgehead atoms. The monoisotopic (exact) mass is 507 g/mol. The van der Waals surface area contributed by atoms with Gasteiger partial charge in [-0.3, -0.25) is 9.59 Å². The number of benzene rings is 3. The molecule has 0 saturated heterocycles. The average Bonchev–Trinajstić information content (AvgIpc) is 2.89. The topological polar surface area (TPSA) is 131 Å². The zero-order valence-corrected chi connectivity index (χ0v) is 20.4. The fourth-order valence-corrected chi connectivity index (χ4v) is 4.34. The van der Waals surface area contributed by atoms with Crippen molar-refractivity contribution in [3.63, 3.8) is 0 Å². The summed E-state index contributed by atoms with van der Waals surface area (Å²) in [6, 6.07) is 23.2. The first-order chi connectivity index (χ1) is 17.4. The van der Waals surface area contributed by atoms with E-state index in [1.807, 2.05) is 60.7 Å². The fourth-order valence-electron chi connectivity index (χ4n) is 3.32. The number of hydrogen-bond donors (Lipinski definition) is 4. The Kier molecular flexibility index (Phi) is 10.2. The van der Waals surface area contributed by atoms with Crippen molar-refractivity contribution in [3.8, 4) is 5.75 Å². The molecule has 188 valence electrons. The van der Waals surface area contributed by atoms with Crippen LogP contribution < -0.4 is 16.4 Å². The first-order valence-corrected chi connectivity index (χ1v) is 12.5. The van der Waals surface area contributed by atoms with Gasteiger partial charge in [0.2, 0.25) is 11.8 Å². The predicted octanol–water partition coefficient (Wildman–Crippen LogP) is 3.13. The lowest BCUT2D eigenvalue weighted by Gasteiger charge is -2.22. The molecule has 8 nitrogen and oxygen atoms in total. The quantitative estimate of drug-likeness (QED) is 0.298. The van der Waals surface area contributed by atoms with Gasteiger partial charge in [0.05, 0.1) is 0 Å². The van der Waals surface area contributed by atoms with E-state index in [0.29, 0.717) is 11.3 Å². The molecule has 0 spiro atoms. The minimum absolute atomic E-state index is 0.0585. The van der Waals surface area contributed by atoms with Gasteiger partial charge < -0.3 is 26.2 Å². The molecule has 0 aliphatic carbocycles. The number of amides is 3. The maximum Gasteiger partial charge on any atom is 0.408 e. The Hall–Kier alpha value is -3.98. The van der Waals surface area contributed by atoms with Crippen LogP contribution in [0.2, 0.25) is 0 Å². The lowest BCUT2D eigenvalue weighted by atomic mass is 10.0. The van der Waals surface area contributed by atoms with Crippen LogP contribution in [0.15, 0.2) is 84.9 Å². The van der Waals surface area contributed by atoms with Crippen LogP contribution in [-0.4, -0.2) is 40.9 Å². The Labute approximate surface area is 214 Å². The summed E-state index contributed by atoms with van der Waals surface area (Å²) in [7, 11) is 0. The number of phenols is 1. The molecule has 3 aromatic rings. The lowest BCUT2D eigenvalue weighted by molar-refractivity contribution is -0.128. The van der Waals surface area contributed by atoms with Crippen molar-refractivity contribution in [3.05, 3.63) is 102 Å². The number of rotatable bonds is 12. The van der Waals surface area contributed by atoms with Gasteiger partial charge in [-0.25, -0.2) is 4.79 Å². The van der Waals surface area contributed by atoms with Crippen LogP contribution in [-0.2, 0) is 33.1 Å². The highest BCUT2D eigenvalue weighted by molar-refractivity contribution is 7.98. The zero-order chi connectivity index (χ0) is 25.8. The van der Waals surface area contributed by atoms with Crippen molar-refractivity contribution >= 4 is 29.7 Å². The highest BCUT2D eigenvalue weighted by atomic mass is 32.2. The SMILES string of the molecule is NC(=O)[C@H](Cc1ccc(O)cc1)NC(=O)C(CSCc1ccccc1)NC(=O)OCc1ccccc1. The number of ether oxygens (including phenoxy) is 1. The predicted molar refractivity (Wildman–Crippen MR) is 139 cm³/mol. The van der Waals surface area contributed by atoms with Crippen LogP contribution in [0.4, 0.5) is 4.79 Å². The molecule has 1 unspecified atom stereocenters. The third-order valence-electron chi connectivity index (χ3n) is 5.25. The number of carbonyl (C=O) groups excluding carboxylic acids is 3. The minimum Gasteiger partial charge on any atom is -0.508 e. The van der Waals surface area contributed by atoms with Crippen LogP contribution in [0.25, 0.3) is 0 Å². The molecule has 0 fully saturated rings. The summed E-state index contributed by atoms with van der Waals surface area (Å²) in [5.74, 6) is -0.273. The smallest absolute Gasteiger partial charge is 0.408 e. The van der Waals surface area contributed by atoms with Crippen LogP contribution in [0.1, 0.15) is 16.7 Å². The number of alkyl carbamates (subject to hydrolysis) is 1. The third kappa shape index (κ3) is 8.99. The molecule has 2 atom stereocenters. The normalized spacial score (nSPS) is 12.2. The summed E-state index contributed by atoms with van der Waals surface area (Å²) < 4.78 is 5.28. The molecular formula is C27H29N3O5S. The Morgan fingerprint density at radius 3 is 2.03 bits per heavy atom. The Balaban J connectivity index is 1.63. The van der Waals surface area contributed by atoms with Crippen LogP contribution in [0, 0.1) is 0 Å². The number of nitrogens with one attached hydrogen (secondary N) is 2. The van der Waals surface area contributed by atoms with E-state index >= 15 is 0 Å². The standard InChI is InChI=1S/C27H29N3O5S/c28-25(32)23(15-19-11-13-22(31)14-12-19)29-26(33)24(18-36-17-21-9-5-2-6-10-21)30-27(34)35-16-20-7-3-1-4-8-20/h1-14,23-24,31H,15-18H2,(H2,28,32)(H,29,33)(H,30,34)/t23-,24?/m0/s1. The van der Waals surface area contributed by atoms with Gasteiger partial charge in [0.15, 0.2) is 0 Å². The maximum atomic E-state index is 13.1.